The summed E-state index contributed by atoms with van der Waals surface area (Å²) in [7, 11) is 1.93. The molecule has 0 heterocycles. The summed E-state index contributed by atoms with van der Waals surface area (Å²) in [6, 6.07) is 0.440. The van der Waals surface area contributed by atoms with E-state index < -0.39 is 0 Å². The van der Waals surface area contributed by atoms with Crippen molar-refractivity contribution in [2.75, 3.05) is 20.3 Å². The van der Waals surface area contributed by atoms with E-state index in [0.29, 0.717) is 12.6 Å². The Balaban J connectivity index is 2.27. The number of carbonyl (C=O) groups excluding carboxylic acids is 1. The molecular weight excluding hydrogens is 214 g/mol. The molecule has 17 heavy (non-hydrogen) atoms. The number of likely N-dealkylation sites (N-methyl/N-ethyl adjacent to an activating group) is 1. The summed E-state index contributed by atoms with van der Waals surface area (Å²) < 4.78 is 5.31. The first kappa shape index (κ1) is 14.5. The third-order valence-corrected chi connectivity index (χ3v) is 3.91. The van der Waals surface area contributed by atoms with Crippen LogP contribution < -0.4 is 0 Å². The van der Waals surface area contributed by atoms with Crippen LogP contribution in [0.25, 0.3) is 0 Å². The molecule has 0 unspecified atom stereocenters. The lowest BCUT2D eigenvalue weighted by molar-refractivity contribution is -0.137. The molecule has 0 bridgehead atoms. The molecule has 0 spiro atoms. The highest BCUT2D eigenvalue weighted by atomic mass is 16.5. The summed E-state index contributed by atoms with van der Waals surface area (Å²) in [5, 5.41) is 0. The first-order valence-corrected chi connectivity index (χ1v) is 7.02. The largest absolute Gasteiger partial charge is 0.372 e. The predicted octanol–water partition coefficient (Wildman–Crippen LogP) is 2.84. The first-order valence-electron chi connectivity index (χ1n) is 7.02. The van der Waals surface area contributed by atoms with Crippen molar-refractivity contribution >= 4 is 5.91 Å². The average molecular weight is 241 g/mol. The Bertz CT molecular complexity index is 222. The summed E-state index contributed by atoms with van der Waals surface area (Å²) in [5.74, 6) is 1.02. The first-order chi connectivity index (χ1) is 8.19. The van der Waals surface area contributed by atoms with Crippen molar-refractivity contribution in [3.05, 3.63) is 0 Å². The van der Waals surface area contributed by atoms with Gasteiger partial charge in [-0.05, 0) is 38.0 Å². The van der Waals surface area contributed by atoms with Crippen LogP contribution in [0.3, 0.4) is 0 Å². The van der Waals surface area contributed by atoms with Gasteiger partial charge >= 0.3 is 0 Å². The van der Waals surface area contributed by atoms with Crippen LogP contribution in [0, 0.1) is 5.92 Å². The monoisotopic (exact) mass is 241 g/mol. The van der Waals surface area contributed by atoms with Gasteiger partial charge in [-0.25, -0.2) is 0 Å². The minimum Gasteiger partial charge on any atom is -0.372 e. The molecule has 1 amide bonds. The molecule has 1 rings (SSSR count). The zero-order valence-corrected chi connectivity index (χ0v) is 11.6. The molecule has 0 aromatic heterocycles. The van der Waals surface area contributed by atoms with Crippen LogP contribution in [-0.4, -0.2) is 37.1 Å². The number of amides is 1. The third kappa shape index (κ3) is 4.66. The fraction of sp³-hybridized carbons (Fsp3) is 0.929. The topological polar surface area (TPSA) is 29.5 Å². The van der Waals surface area contributed by atoms with E-state index in [1.807, 2.05) is 11.9 Å². The number of hydrogen-bond acceptors (Lipinski definition) is 2. The number of hydrogen-bond donors (Lipinski definition) is 0. The van der Waals surface area contributed by atoms with E-state index in [4.69, 9.17) is 4.74 Å². The van der Waals surface area contributed by atoms with E-state index in [-0.39, 0.29) is 12.5 Å². The van der Waals surface area contributed by atoms with Crippen LogP contribution in [0.1, 0.15) is 52.4 Å². The minimum atomic E-state index is 0.137. The summed E-state index contributed by atoms with van der Waals surface area (Å²) >= 11 is 0. The summed E-state index contributed by atoms with van der Waals surface area (Å²) in [6.07, 6.45) is 7.12. The lowest BCUT2D eigenvalue weighted by atomic mass is 9.84. The Morgan fingerprint density at radius 2 is 1.88 bits per heavy atom. The summed E-state index contributed by atoms with van der Waals surface area (Å²) in [5.41, 5.74) is 0. The fourth-order valence-electron chi connectivity index (χ4n) is 2.55. The van der Waals surface area contributed by atoms with Gasteiger partial charge < -0.3 is 9.64 Å². The van der Waals surface area contributed by atoms with Crippen molar-refractivity contribution in [2.45, 2.75) is 58.4 Å². The zero-order chi connectivity index (χ0) is 12.7. The van der Waals surface area contributed by atoms with Crippen molar-refractivity contribution in [2.24, 2.45) is 5.92 Å². The van der Waals surface area contributed by atoms with Crippen molar-refractivity contribution in [1.82, 2.24) is 4.90 Å². The predicted molar refractivity (Wildman–Crippen MR) is 69.9 cm³/mol. The Labute approximate surface area is 106 Å². The second kappa shape index (κ2) is 7.70. The lowest BCUT2D eigenvalue weighted by Crippen LogP contribution is -2.41. The molecule has 0 aliphatic heterocycles. The van der Waals surface area contributed by atoms with Crippen LogP contribution in [0.5, 0.6) is 0 Å². The Morgan fingerprint density at radius 1 is 1.24 bits per heavy atom. The molecule has 1 fully saturated rings. The molecule has 0 aromatic carbocycles. The molecule has 0 aromatic rings. The van der Waals surface area contributed by atoms with Crippen LogP contribution in [0.15, 0.2) is 0 Å². The van der Waals surface area contributed by atoms with E-state index in [1.165, 1.54) is 19.3 Å². The van der Waals surface area contributed by atoms with Gasteiger partial charge in [-0.2, -0.15) is 0 Å². The molecule has 1 aliphatic carbocycles. The van der Waals surface area contributed by atoms with Crippen LogP contribution in [0.2, 0.25) is 0 Å². The van der Waals surface area contributed by atoms with Crippen molar-refractivity contribution < 1.29 is 9.53 Å². The van der Waals surface area contributed by atoms with Gasteiger partial charge in [-0.15, -0.1) is 0 Å². The van der Waals surface area contributed by atoms with E-state index in [2.05, 4.69) is 13.8 Å². The average Bonchev–Trinajstić information content (AvgIpc) is 2.38. The van der Waals surface area contributed by atoms with E-state index in [0.717, 1.165) is 25.2 Å². The van der Waals surface area contributed by atoms with Gasteiger partial charge in [-0.1, -0.05) is 20.3 Å². The van der Waals surface area contributed by atoms with Gasteiger partial charge in [0, 0.05) is 19.7 Å². The molecule has 0 saturated heterocycles. The van der Waals surface area contributed by atoms with Gasteiger partial charge in [0.25, 0.3) is 0 Å². The summed E-state index contributed by atoms with van der Waals surface area (Å²) in [4.78, 5) is 13.8. The van der Waals surface area contributed by atoms with Gasteiger partial charge in [0.05, 0.1) is 0 Å². The lowest BCUT2D eigenvalue weighted by Gasteiger charge is -2.34. The highest BCUT2D eigenvalue weighted by Crippen LogP contribution is 2.28. The fourth-order valence-corrected chi connectivity index (χ4v) is 2.55. The minimum absolute atomic E-state index is 0.137. The Kier molecular flexibility index (Phi) is 6.56. The number of ether oxygens (including phenoxy) is 1. The van der Waals surface area contributed by atoms with Crippen LogP contribution in [-0.2, 0) is 9.53 Å². The van der Waals surface area contributed by atoms with E-state index in [1.54, 1.807) is 0 Å². The standard InChI is InChI=1S/C14H27NO2/c1-4-10-17-11-14(16)15(3)13-8-6-12(5-2)7-9-13/h12-13H,4-11H2,1-3H3. The SMILES string of the molecule is CCCOCC(=O)N(C)C1CCC(CC)CC1. The van der Waals surface area contributed by atoms with Gasteiger partial charge in [0.15, 0.2) is 0 Å². The quantitative estimate of drug-likeness (QED) is 0.669. The maximum absolute atomic E-state index is 11.9. The van der Waals surface area contributed by atoms with Crippen molar-refractivity contribution in [3.63, 3.8) is 0 Å². The third-order valence-electron chi connectivity index (χ3n) is 3.91. The molecule has 0 N–H and O–H groups in total. The highest BCUT2D eigenvalue weighted by molar-refractivity contribution is 5.77. The van der Waals surface area contributed by atoms with E-state index in [9.17, 15) is 4.79 Å². The smallest absolute Gasteiger partial charge is 0.248 e. The Morgan fingerprint density at radius 3 is 2.41 bits per heavy atom. The molecule has 0 radical (unpaired) electrons. The summed E-state index contributed by atoms with van der Waals surface area (Å²) in [6.45, 7) is 5.25. The number of carbonyl (C=O) groups is 1. The second-order valence-electron chi connectivity index (χ2n) is 5.14. The molecule has 100 valence electrons. The van der Waals surface area contributed by atoms with Gasteiger partial charge in [0.1, 0.15) is 6.61 Å². The number of rotatable bonds is 6. The maximum Gasteiger partial charge on any atom is 0.248 e. The van der Waals surface area contributed by atoms with Gasteiger partial charge in [0.2, 0.25) is 5.91 Å². The second-order valence-corrected chi connectivity index (χ2v) is 5.14. The normalized spacial score (nSPS) is 24.6. The van der Waals surface area contributed by atoms with Crippen molar-refractivity contribution in [1.29, 1.82) is 0 Å². The maximum atomic E-state index is 11.9. The Hall–Kier alpha value is -0.570. The molecular formula is C14H27NO2. The molecule has 1 saturated carbocycles. The van der Waals surface area contributed by atoms with E-state index >= 15 is 0 Å². The highest BCUT2D eigenvalue weighted by Gasteiger charge is 2.25. The van der Waals surface area contributed by atoms with Crippen LogP contribution in [0.4, 0.5) is 0 Å². The van der Waals surface area contributed by atoms with Crippen molar-refractivity contribution in [3.8, 4) is 0 Å². The van der Waals surface area contributed by atoms with Crippen LogP contribution >= 0.6 is 0 Å². The van der Waals surface area contributed by atoms with Gasteiger partial charge in [-0.3, -0.25) is 4.79 Å². The molecule has 3 nitrogen and oxygen atoms in total. The molecule has 1 aliphatic rings. The molecule has 3 heteroatoms. The number of nitrogens with zero attached hydrogens (tertiary/aromatic N) is 1. The molecule has 0 atom stereocenters. The zero-order valence-electron chi connectivity index (χ0n) is 11.6.